The second-order valence-corrected chi connectivity index (χ2v) is 6.43. The topological polar surface area (TPSA) is 55.4 Å². The van der Waals surface area contributed by atoms with Gasteiger partial charge in [-0.15, -0.1) is 0 Å². The van der Waals surface area contributed by atoms with Gasteiger partial charge in [0, 0.05) is 5.69 Å². The van der Waals surface area contributed by atoms with Gasteiger partial charge < -0.3 is 10.1 Å². The Hall–Kier alpha value is -2.62. The Balaban J connectivity index is 1.89. The number of aryl methyl sites for hydroxylation is 2. The third kappa shape index (κ3) is 5.45. The molecule has 0 aromatic heterocycles. The highest BCUT2D eigenvalue weighted by atomic mass is 16.5. The third-order valence-electron chi connectivity index (χ3n) is 4.17. The van der Waals surface area contributed by atoms with Gasteiger partial charge in [-0.1, -0.05) is 43.2 Å². The zero-order valence-electron chi connectivity index (χ0n) is 15.3. The van der Waals surface area contributed by atoms with E-state index in [0.717, 1.165) is 17.5 Å². The van der Waals surface area contributed by atoms with E-state index in [2.05, 4.69) is 19.2 Å². The molecule has 1 N–H and O–H groups in total. The molecule has 0 aliphatic rings. The summed E-state index contributed by atoms with van der Waals surface area (Å²) in [5.74, 6) is -0.355. The van der Waals surface area contributed by atoms with Gasteiger partial charge in [-0.3, -0.25) is 4.79 Å². The number of amides is 1. The number of carbonyl (C=O) groups is 2. The molecule has 132 valence electrons. The van der Waals surface area contributed by atoms with Gasteiger partial charge in [-0.2, -0.15) is 0 Å². The smallest absolute Gasteiger partial charge is 0.338 e. The molecular formula is C21H25NO3. The Bertz CT molecular complexity index is 730. The number of anilines is 1. The van der Waals surface area contributed by atoms with Crippen LogP contribution in [0.15, 0.2) is 42.5 Å². The molecule has 0 bridgehead atoms. The molecule has 2 aromatic rings. The fourth-order valence-corrected chi connectivity index (χ4v) is 2.63. The Morgan fingerprint density at radius 2 is 1.64 bits per heavy atom. The van der Waals surface area contributed by atoms with Crippen LogP contribution in [0, 0.1) is 13.8 Å². The van der Waals surface area contributed by atoms with E-state index in [-0.39, 0.29) is 12.5 Å². The van der Waals surface area contributed by atoms with E-state index in [0.29, 0.717) is 17.2 Å². The Morgan fingerprint density at radius 3 is 2.20 bits per heavy atom. The van der Waals surface area contributed by atoms with E-state index in [4.69, 9.17) is 4.74 Å². The molecule has 25 heavy (non-hydrogen) atoms. The number of benzene rings is 2. The van der Waals surface area contributed by atoms with Crippen molar-refractivity contribution in [3.63, 3.8) is 0 Å². The van der Waals surface area contributed by atoms with Crippen molar-refractivity contribution >= 4 is 17.6 Å². The van der Waals surface area contributed by atoms with Crippen LogP contribution in [-0.4, -0.2) is 18.5 Å². The number of hydrogen-bond acceptors (Lipinski definition) is 3. The molecule has 0 aliphatic carbocycles. The molecule has 0 saturated carbocycles. The average molecular weight is 339 g/mol. The van der Waals surface area contributed by atoms with Crippen LogP contribution in [0.5, 0.6) is 0 Å². The molecule has 0 heterocycles. The molecule has 0 fully saturated rings. The van der Waals surface area contributed by atoms with Crippen LogP contribution in [0.25, 0.3) is 0 Å². The van der Waals surface area contributed by atoms with Crippen molar-refractivity contribution in [2.24, 2.45) is 0 Å². The van der Waals surface area contributed by atoms with Crippen LogP contribution >= 0.6 is 0 Å². The molecule has 4 nitrogen and oxygen atoms in total. The minimum Gasteiger partial charge on any atom is -0.452 e. The van der Waals surface area contributed by atoms with Crippen molar-refractivity contribution in [3.8, 4) is 0 Å². The maximum atomic E-state index is 12.1. The quantitative estimate of drug-likeness (QED) is 0.782. The first-order valence-corrected chi connectivity index (χ1v) is 8.54. The summed E-state index contributed by atoms with van der Waals surface area (Å²) in [5, 5.41) is 2.74. The molecule has 2 rings (SSSR count). The predicted molar refractivity (Wildman–Crippen MR) is 100.0 cm³/mol. The van der Waals surface area contributed by atoms with Crippen molar-refractivity contribution < 1.29 is 14.3 Å². The van der Waals surface area contributed by atoms with Crippen LogP contribution in [0.3, 0.4) is 0 Å². The first-order valence-electron chi connectivity index (χ1n) is 8.54. The lowest BCUT2D eigenvalue weighted by Gasteiger charge is -2.11. The Labute approximate surface area is 149 Å². The second kappa shape index (κ2) is 8.47. The van der Waals surface area contributed by atoms with Crippen molar-refractivity contribution in [1.29, 1.82) is 0 Å². The van der Waals surface area contributed by atoms with Gasteiger partial charge >= 0.3 is 5.97 Å². The second-order valence-electron chi connectivity index (χ2n) is 6.43. The molecule has 4 heteroatoms. The van der Waals surface area contributed by atoms with Gasteiger partial charge in [0.1, 0.15) is 0 Å². The zero-order valence-corrected chi connectivity index (χ0v) is 15.3. The Kier molecular flexibility index (Phi) is 6.34. The molecule has 0 aliphatic heterocycles. The van der Waals surface area contributed by atoms with Gasteiger partial charge in [-0.05, 0) is 56.0 Å². The van der Waals surface area contributed by atoms with Crippen LogP contribution in [0.1, 0.15) is 53.2 Å². The van der Waals surface area contributed by atoms with Gasteiger partial charge in [0.05, 0.1) is 5.56 Å². The first-order chi connectivity index (χ1) is 11.9. The fraction of sp³-hybridized carbons (Fsp3) is 0.333. The van der Waals surface area contributed by atoms with E-state index in [1.54, 1.807) is 12.1 Å². The van der Waals surface area contributed by atoms with E-state index in [9.17, 15) is 9.59 Å². The number of ether oxygens (including phenoxy) is 1. The predicted octanol–water partition coefficient (Wildman–Crippen LogP) is 4.61. The van der Waals surface area contributed by atoms with E-state index < -0.39 is 5.97 Å². The lowest BCUT2D eigenvalue weighted by atomic mass is 9.99. The Morgan fingerprint density at radius 1 is 1.04 bits per heavy atom. The maximum absolute atomic E-state index is 12.1. The molecular weight excluding hydrogens is 314 g/mol. The van der Waals surface area contributed by atoms with Crippen LogP contribution in [-0.2, 0) is 9.53 Å². The first kappa shape index (κ1) is 18.7. The molecule has 0 radical (unpaired) electrons. The van der Waals surface area contributed by atoms with E-state index >= 15 is 0 Å². The number of rotatable bonds is 6. The molecule has 0 spiro atoms. The summed E-state index contributed by atoms with van der Waals surface area (Å²) in [6, 6.07) is 13.2. The SMILES string of the molecule is CCC(C)c1ccc(NC(=O)COC(=O)c2cc(C)cc(C)c2)cc1. The van der Waals surface area contributed by atoms with Gasteiger partial charge in [0.2, 0.25) is 0 Å². The lowest BCUT2D eigenvalue weighted by molar-refractivity contribution is -0.119. The standard InChI is InChI=1S/C21H25NO3/c1-5-16(4)17-6-8-19(9-7-17)22-20(23)13-25-21(24)18-11-14(2)10-15(3)12-18/h6-12,16H,5,13H2,1-4H3,(H,22,23). The van der Waals surface area contributed by atoms with Crippen molar-refractivity contribution in [3.05, 3.63) is 64.7 Å². The average Bonchev–Trinajstić information content (AvgIpc) is 2.58. The molecule has 1 amide bonds. The summed E-state index contributed by atoms with van der Waals surface area (Å²) in [7, 11) is 0. The molecule has 0 saturated heterocycles. The van der Waals surface area contributed by atoms with Crippen LogP contribution < -0.4 is 5.32 Å². The summed E-state index contributed by atoms with van der Waals surface area (Å²) in [5.41, 5.74) is 4.36. The highest BCUT2D eigenvalue weighted by Crippen LogP contribution is 2.20. The van der Waals surface area contributed by atoms with Crippen molar-refractivity contribution in [2.45, 2.75) is 40.0 Å². The largest absolute Gasteiger partial charge is 0.452 e. The summed E-state index contributed by atoms with van der Waals surface area (Å²) in [6.07, 6.45) is 1.07. The monoisotopic (exact) mass is 339 g/mol. The molecule has 1 atom stereocenters. The van der Waals surface area contributed by atoms with Gasteiger partial charge in [0.15, 0.2) is 6.61 Å². The molecule has 2 aromatic carbocycles. The van der Waals surface area contributed by atoms with Crippen LogP contribution in [0.4, 0.5) is 5.69 Å². The normalized spacial score (nSPS) is 11.7. The summed E-state index contributed by atoms with van der Waals surface area (Å²) < 4.78 is 5.10. The summed E-state index contributed by atoms with van der Waals surface area (Å²) in [6.45, 7) is 7.84. The number of esters is 1. The van der Waals surface area contributed by atoms with Crippen molar-refractivity contribution in [2.75, 3.05) is 11.9 Å². The zero-order chi connectivity index (χ0) is 18.4. The summed E-state index contributed by atoms with van der Waals surface area (Å²) >= 11 is 0. The highest BCUT2D eigenvalue weighted by molar-refractivity contribution is 5.95. The third-order valence-corrected chi connectivity index (χ3v) is 4.17. The van der Waals surface area contributed by atoms with E-state index in [1.807, 2.05) is 44.2 Å². The number of nitrogens with one attached hydrogen (secondary N) is 1. The van der Waals surface area contributed by atoms with Gasteiger partial charge in [-0.25, -0.2) is 4.79 Å². The van der Waals surface area contributed by atoms with Gasteiger partial charge in [0.25, 0.3) is 5.91 Å². The van der Waals surface area contributed by atoms with Crippen LogP contribution in [0.2, 0.25) is 0 Å². The molecule has 1 unspecified atom stereocenters. The number of hydrogen-bond donors (Lipinski definition) is 1. The fourth-order valence-electron chi connectivity index (χ4n) is 2.63. The summed E-state index contributed by atoms with van der Waals surface area (Å²) in [4.78, 5) is 24.0. The minimum atomic E-state index is -0.492. The van der Waals surface area contributed by atoms with E-state index in [1.165, 1.54) is 5.56 Å². The van der Waals surface area contributed by atoms with Crippen molar-refractivity contribution in [1.82, 2.24) is 0 Å². The maximum Gasteiger partial charge on any atom is 0.338 e. The number of carbonyl (C=O) groups excluding carboxylic acids is 2. The highest BCUT2D eigenvalue weighted by Gasteiger charge is 2.11. The lowest BCUT2D eigenvalue weighted by Crippen LogP contribution is -2.21. The minimum absolute atomic E-state index is 0.307.